The summed E-state index contributed by atoms with van der Waals surface area (Å²) >= 11 is 0. The van der Waals surface area contributed by atoms with Gasteiger partial charge in [-0.2, -0.15) is 0 Å². The zero-order valence-electron chi connectivity index (χ0n) is 13.0. The lowest BCUT2D eigenvalue weighted by molar-refractivity contribution is 0.294. The lowest BCUT2D eigenvalue weighted by Gasteiger charge is -2.27. The minimum atomic E-state index is -0.415. The molecule has 1 aliphatic carbocycles. The number of rotatable bonds is 7. The van der Waals surface area contributed by atoms with Gasteiger partial charge >= 0.3 is 0 Å². The van der Waals surface area contributed by atoms with Gasteiger partial charge in [0.05, 0.1) is 0 Å². The topological polar surface area (TPSA) is 12.0 Å². The number of benzene rings is 1. The molecular formula is C18H27F2N. The van der Waals surface area contributed by atoms with Gasteiger partial charge in [-0.15, -0.1) is 0 Å². The van der Waals surface area contributed by atoms with Crippen LogP contribution in [0.4, 0.5) is 8.78 Å². The van der Waals surface area contributed by atoms with E-state index in [0.29, 0.717) is 12.3 Å². The van der Waals surface area contributed by atoms with E-state index in [0.717, 1.165) is 19.4 Å². The molecule has 1 N–H and O–H groups in total. The molecule has 0 bridgehead atoms. The molecule has 3 heteroatoms. The highest BCUT2D eigenvalue weighted by atomic mass is 19.1. The van der Waals surface area contributed by atoms with Crippen molar-refractivity contribution < 1.29 is 8.78 Å². The summed E-state index contributed by atoms with van der Waals surface area (Å²) in [6, 6.07) is 4.33. The number of hydrogen-bond acceptors (Lipinski definition) is 1. The third-order valence-electron chi connectivity index (χ3n) is 4.54. The molecule has 0 amide bonds. The fourth-order valence-electron chi connectivity index (χ4n) is 3.39. The molecule has 1 fully saturated rings. The SMILES string of the molecule is CCCNC(Cc1c(F)cccc1F)CC1CCCCC1. The number of hydrogen-bond donors (Lipinski definition) is 1. The minimum absolute atomic E-state index is 0.180. The molecule has 118 valence electrons. The molecule has 0 radical (unpaired) electrons. The van der Waals surface area contributed by atoms with Crippen LogP contribution in [0.1, 0.15) is 57.4 Å². The molecule has 1 unspecified atom stereocenters. The third kappa shape index (κ3) is 5.06. The van der Waals surface area contributed by atoms with Crippen molar-refractivity contribution in [3.63, 3.8) is 0 Å². The Labute approximate surface area is 127 Å². The van der Waals surface area contributed by atoms with Gasteiger partial charge in [0.2, 0.25) is 0 Å². The Kier molecular flexibility index (Phi) is 6.62. The summed E-state index contributed by atoms with van der Waals surface area (Å²) in [7, 11) is 0. The largest absolute Gasteiger partial charge is 0.314 e. The molecule has 0 aromatic heterocycles. The summed E-state index contributed by atoms with van der Waals surface area (Å²) in [5.41, 5.74) is 0.238. The van der Waals surface area contributed by atoms with Gasteiger partial charge in [-0.3, -0.25) is 0 Å². The van der Waals surface area contributed by atoms with Gasteiger partial charge in [-0.1, -0.05) is 45.1 Å². The van der Waals surface area contributed by atoms with Crippen molar-refractivity contribution in [2.24, 2.45) is 5.92 Å². The summed E-state index contributed by atoms with van der Waals surface area (Å²) in [6.07, 6.45) is 9.02. The van der Waals surface area contributed by atoms with E-state index in [1.165, 1.54) is 50.3 Å². The van der Waals surface area contributed by atoms with Crippen LogP contribution >= 0.6 is 0 Å². The van der Waals surface area contributed by atoms with Crippen molar-refractivity contribution in [1.29, 1.82) is 0 Å². The van der Waals surface area contributed by atoms with Gasteiger partial charge in [0.1, 0.15) is 11.6 Å². The normalized spacial score (nSPS) is 17.9. The second-order valence-corrected chi connectivity index (χ2v) is 6.30. The molecule has 0 saturated heterocycles. The first kappa shape index (κ1) is 16.4. The second kappa shape index (κ2) is 8.47. The predicted molar refractivity (Wildman–Crippen MR) is 83.3 cm³/mol. The molecule has 0 heterocycles. The molecule has 1 aromatic rings. The van der Waals surface area contributed by atoms with Crippen molar-refractivity contribution in [2.75, 3.05) is 6.54 Å². The molecular weight excluding hydrogens is 268 g/mol. The fraction of sp³-hybridized carbons (Fsp3) is 0.667. The highest BCUT2D eigenvalue weighted by molar-refractivity contribution is 5.20. The maximum atomic E-state index is 13.8. The number of nitrogens with one attached hydrogen (secondary N) is 1. The van der Waals surface area contributed by atoms with Crippen LogP contribution in [0.5, 0.6) is 0 Å². The van der Waals surface area contributed by atoms with Crippen LogP contribution in [0, 0.1) is 17.6 Å². The molecule has 1 saturated carbocycles. The molecule has 1 aliphatic rings. The van der Waals surface area contributed by atoms with Gasteiger partial charge in [0.15, 0.2) is 0 Å². The Bertz CT molecular complexity index is 407. The van der Waals surface area contributed by atoms with Crippen molar-refractivity contribution in [2.45, 2.75) is 64.3 Å². The maximum absolute atomic E-state index is 13.8. The van der Waals surface area contributed by atoms with Crippen LogP contribution in [0.25, 0.3) is 0 Å². The van der Waals surface area contributed by atoms with Crippen LogP contribution < -0.4 is 5.32 Å². The molecule has 1 nitrogen and oxygen atoms in total. The van der Waals surface area contributed by atoms with E-state index >= 15 is 0 Å². The van der Waals surface area contributed by atoms with Gasteiger partial charge in [0, 0.05) is 11.6 Å². The molecule has 0 aliphatic heterocycles. The van der Waals surface area contributed by atoms with Crippen LogP contribution in [-0.4, -0.2) is 12.6 Å². The second-order valence-electron chi connectivity index (χ2n) is 6.30. The quantitative estimate of drug-likeness (QED) is 0.758. The third-order valence-corrected chi connectivity index (χ3v) is 4.54. The van der Waals surface area contributed by atoms with E-state index in [9.17, 15) is 8.78 Å². The lowest BCUT2D eigenvalue weighted by Crippen LogP contribution is -2.34. The van der Waals surface area contributed by atoms with Crippen LogP contribution in [0.2, 0.25) is 0 Å². The Hall–Kier alpha value is -0.960. The van der Waals surface area contributed by atoms with Gasteiger partial charge < -0.3 is 5.32 Å². The summed E-state index contributed by atoms with van der Waals surface area (Å²) in [5.74, 6) is -0.119. The van der Waals surface area contributed by atoms with Gasteiger partial charge in [-0.05, 0) is 43.9 Å². The van der Waals surface area contributed by atoms with E-state index in [1.807, 2.05) is 0 Å². The zero-order chi connectivity index (χ0) is 15.1. The zero-order valence-corrected chi connectivity index (χ0v) is 13.0. The Balaban J connectivity index is 2.01. The van der Waals surface area contributed by atoms with Crippen molar-refractivity contribution >= 4 is 0 Å². The Morgan fingerprint density at radius 3 is 2.43 bits per heavy atom. The van der Waals surface area contributed by atoms with E-state index in [-0.39, 0.29) is 11.6 Å². The summed E-state index contributed by atoms with van der Waals surface area (Å²) in [5, 5.41) is 3.49. The summed E-state index contributed by atoms with van der Waals surface area (Å²) in [4.78, 5) is 0. The standard InChI is InChI=1S/C18H27F2N/c1-2-11-21-15(12-14-7-4-3-5-8-14)13-16-17(19)9-6-10-18(16)20/h6,9-10,14-15,21H,2-5,7-8,11-13H2,1H3. The number of halogens is 2. The van der Waals surface area contributed by atoms with E-state index < -0.39 is 11.6 Å². The summed E-state index contributed by atoms with van der Waals surface area (Å²) < 4.78 is 27.7. The maximum Gasteiger partial charge on any atom is 0.129 e. The van der Waals surface area contributed by atoms with E-state index in [4.69, 9.17) is 0 Å². The van der Waals surface area contributed by atoms with Crippen molar-refractivity contribution in [3.05, 3.63) is 35.4 Å². The average molecular weight is 295 g/mol. The van der Waals surface area contributed by atoms with Crippen LogP contribution in [0.3, 0.4) is 0 Å². The molecule has 21 heavy (non-hydrogen) atoms. The van der Waals surface area contributed by atoms with Crippen molar-refractivity contribution in [1.82, 2.24) is 5.32 Å². The Morgan fingerprint density at radius 1 is 1.14 bits per heavy atom. The predicted octanol–water partition coefficient (Wildman–Crippen LogP) is 4.85. The monoisotopic (exact) mass is 295 g/mol. The van der Waals surface area contributed by atoms with Gasteiger partial charge in [-0.25, -0.2) is 8.78 Å². The van der Waals surface area contributed by atoms with Crippen LogP contribution in [-0.2, 0) is 6.42 Å². The molecule has 2 rings (SSSR count). The van der Waals surface area contributed by atoms with E-state index in [1.54, 1.807) is 0 Å². The molecule has 1 aromatic carbocycles. The van der Waals surface area contributed by atoms with E-state index in [2.05, 4.69) is 12.2 Å². The molecule has 0 spiro atoms. The Morgan fingerprint density at radius 2 is 1.81 bits per heavy atom. The fourth-order valence-corrected chi connectivity index (χ4v) is 3.39. The minimum Gasteiger partial charge on any atom is -0.314 e. The molecule has 1 atom stereocenters. The first-order valence-electron chi connectivity index (χ1n) is 8.37. The first-order chi connectivity index (χ1) is 10.2. The van der Waals surface area contributed by atoms with Gasteiger partial charge in [0.25, 0.3) is 0 Å². The highest BCUT2D eigenvalue weighted by Crippen LogP contribution is 2.28. The smallest absolute Gasteiger partial charge is 0.129 e. The van der Waals surface area contributed by atoms with Crippen LogP contribution in [0.15, 0.2) is 18.2 Å². The average Bonchev–Trinajstić information content (AvgIpc) is 2.49. The highest BCUT2D eigenvalue weighted by Gasteiger charge is 2.21. The lowest BCUT2D eigenvalue weighted by atomic mass is 9.83. The van der Waals surface area contributed by atoms with Crippen molar-refractivity contribution in [3.8, 4) is 0 Å². The first-order valence-corrected chi connectivity index (χ1v) is 8.37. The summed E-state index contributed by atoms with van der Waals surface area (Å²) in [6.45, 7) is 3.03.